The quantitative estimate of drug-likeness (QED) is 0.745. The van der Waals surface area contributed by atoms with E-state index >= 15 is 0 Å². The molecule has 0 unspecified atom stereocenters. The van der Waals surface area contributed by atoms with Gasteiger partial charge in [-0.2, -0.15) is 0 Å². The van der Waals surface area contributed by atoms with Gasteiger partial charge in [0.15, 0.2) is 6.61 Å². The Hall–Kier alpha value is -3.34. The van der Waals surface area contributed by atoms with Gasteiger partial charge in [0, 0.05) is 18.7 Å². The van der Waals surface area contributed by atoms with Crippen molar-refractivity contribution in [1.82, 2.24) is 5.32 Å². The number of hydrogen-bond donors (Lipinski definition) is 1. The number of para-hydroxylation sites is 1. The van der Waals surface area contributed by atoms with Crippen LogP contribution in [-0.2, 0) is 16.0 Å². The van der Waals surface area contributed by atoms with E-state index in [2.05, 4.69) is 5.32 Å². The maximum Gasteiger partial charge on any atom is 0.265 e. The molecule has 0 bridgehead atoms. The van der Waals surface area contributed by atoms with Gasteiger partial charge in [-0.25, -0.2) is 0 Å². The first-order valence-corrected chi connectivity index (χ1v) is 9.46. The lowest BCUT2D eigenvalue weighted by molar-refractivity contribution is -0.126. The number of ether oxygens (including phenoxy) is 1. The summed E-state index contributed by atoms with van der Waals surface area (Å²) in [6.45, 7) is 2.28. The molecule has 28 heavy (non-hydrogen) atoms. The lowest BCUT2D eigenvalue weighted by Gasteiger charge is -2.24. The van der Waals surface area contributed by atoms with E-state index in [1.807, 2.05) is 73.7 Å². The molecular weight excluding hydrogens is 352 g/mol. The number of likely N-dealkylation sites (N-methyl/N-ethyl adjacent to an activating group) is 1. The fraction of sp³-hybridized carbons (Fsp3) is 0.217. The van der Waals surface area contributed by atoms with Crippen molar-refractivity contribution in [2.45, 2.75) is 19.4 Å². The largest absolute Gasteiger partial charge is 0.484 e. The van der Waals surface area contributed by atoms with Crippen molar-refractivity contribution in [3.05, 3.63) is 72.3 Å². The van der Waals surface area contributed by atoms with E-state index in [0.717, 1.165) is 22.0 Å². The highest BCUT2D eigenvalue weighted by atomic mass is 16.5. The first-order valence-electron chi connectivity index (χ1n) is 9.46. The maximum atomic E-state index is 13.0. The summed E-state index contributed by atoms with van der Waals surface area (Å²) in [5, 5.41) is 5.00. The van der Waals surface area contributed by atoms with Crippen LogP contribution in [0.3, 0.4) is 0 Å². The van der Waals surface area contributed by atoms with Crippen molar-refractivity contribution in [2.75, 3.05) is 18.1 Å². The minimum Gasteiger partial charge on any atom is -0.484 e. The monoisotopic (exact) mass is 374 g/mol. The van der Waals surface area contributed by atoms with Crippen LogP contribution < -0.4 is 15.0 Å². The van der Waals surface area contributed by atoms with Gasteiger partial charge in [0.25, 0.3) is 5.91 Å². The molecule has 1 aliphatic heterocycles. The number of hydrogen-bond acceptors (Lipinski definition) is 3. The van der Waals surface area contributed by atoms with Crippen molar-refractivity contribution < 1.29 is 14.3 Å². The molecule has 3 aromatic rings. The lowest BCUT2D eigenvalue weighted by atomic mass is 10.1. The Morgan fingerprint density at radius 1 is 1.04 bits per heavy atom. The van der Waals surface area contributed by atoms with Crippen LogP contribution in [0.25, 0.3) is 10.8 Å². The Bertz CT molecular complexity index is 1030. The molecule has 1 aliphatic rings. The normalized spacial score (nSPS) is 15.3. The molecule has 1 N–H and O–H groups in total. The zero-order valence-corrected chi connectivity index (χ0v) is 15.7. The third kappa shape index (κ3) is 3.43. The summed E-state index contributed by atoms with van der Waals surface area (Å²) in [4.78, 5) is 27.1. The molecule has 0 aromatic heterocycles. The number of nitrogens with one attached hydrogen (secondary N) is 1. The molecule has 2 amide bonds. The minimum absolute atomic E-state index is 0.122. The third-order valence-corrected chi connectivity index (χ3v) is 4.98. The molecule has 1 heterocycles. The summed E-state index contributed by atoms with van der Waals surface area (Å²) in [5.74, 6) is 0.265. The SMILES string of the molecule is CCNC(=O)[C@@H]1Cc2ccccc2N1C(=O)COc1ccc2ccccc2c1. The number of fused-ring (bicyclic) bond motifs is 2. The third-order valence-electron chi connectivity index (χ3n) is 4.98. The van der Waals surface area contributed by atoms with Gasteiger partial charge in [0.2, 0.25) is 5.91 Å². The van der Waals surface area contributed by atoms with Crippen LogP contribution in [-0.4, -0.2) is 31.0 Å². The molecule has 5 nitrogen and oxygen atoms in total. The van der Waals surface area contributed by atoms with Gasteiger partial charge in [-0.05, 0) is 41.5 Å². The molecular formula is C23H22N2O3. The van der Waals surface area contributed by atoms with Crippen molar-refractivity contribution in [2.24, 2.45) is 0 Å². The predicted molar refractivity (Wildman–Crippen MR) is 110 cm³/mol. The van der Waals surface area contributed by atoms with Crippen LogP contribution in [0.15, 0.2) is 66.7 Å². The van der Waals surface area contributed by atoms with Crippen molar-refractivity contribution >= 4 is 28.3 Å². The van der Waals surface area contributed by atoms with Gasteiger partial charge in [-0.3, -0.25) is 14.5 Å². The van der Waals surface area contributed by atoms with Crippen molar-refractivity contribution in [3.8, 4) is 5.75 Å². The smallest absolute Gasteiger partial charge is 0.265 e. The summed E-state index contributed by atoms with van der Waals surface area (Å²) in [7, 11) is 0. The number of benzene rings is 3. The summed E-state index contributed by atoms with van der Waals surface area (Å²) < 4.78 is 5.77. The highest BCUT2D eigenvalue weighted by Crippen LogP contribution is 2.32. The van der Waals surface area contributed by atoms with Gasteiger partial charge in [0.1, 0.15) is 11.8 Å². The molecule has 4 rings (SSSR count). The first kappa shape index (κ1) is 18.0. The van der Waals surface area contributed by atoms with Gasteiger partial charge in [-0.15, -0.1) is 0 Å². The second-order valence-electron chi connectivity index (χ2n) is 6.80. The van der Waals surface area contributed by atoms with Crippen LogP contribution >= 0.6 is 0 Å². The van der Waals surface area contributed by atoms with E-state index in [1.165, 1.54) is 0 Å². The van der Waals surface area contributed by atoms with Crippen LogP contribution in [0.1, 0.15) is 12.5 Å². The summed E-state index contributed by atoms with van der Waals surface area (Å²) in [5.41, 5.74) is 1.78. The first-order chi connectivity index (χ1) is 13.7. The molecule has 0 saturated heterocycles. The van der Waals surface area contributed by atoms with Gasteiger partial charge < -0.3 is 10.1 Å². The Labute approximate surface area is 163 Å². The summed E-state index contributed by atoms with van der Waals surface area (Å²) in [6, 6.07) is 20.8. The molecule has 0 radical (unpaired) electrons. The van der Waals surface area contributed by atoms with Crippen LogP contribution in [0.4, 0.5) is 5.69 Å². The van der Waals surface area contributed by atoms with Crippen LogP contribution in [0.5, 0.6) is 5.75 Å². The van der Waals surface area contributed by atoms with Crippen LogP contribution in [0, 0.1) is 0 Å². The summed E-state index contributed by atoms with van der Waals surface area (Å²) >= 11 is 0. The molecule has 5 heteroatoms. The number of nitrogens with zero attached hydrogens (tertiary/aromatic N) is 1. The molecule has 1 atom stereocenters. The van der Waals surface area contributed by atoms with Gasteiger partial charge in [-0.1, -0.05) is 48.5 Å². The summed E-state index contributed by atoms with van der Waals surface area (Å²) in [6.07, 6.45) is 0.518. The van der Waals surface area contributed by atoms with Gasteiger partial charge >= 0.3 is 0 Å². The standard InChI is InChI=1S/C23H22N2O3/c1-2-24-23(27)21-14-18-9-5-6-10-20(18)25(21)22(26)15-28-19-12-11-16-7-3-4-8-17(16)13-19/h3-13,21H,2,14-15H2,1H3,(H,24,27)/t21-/m0/s1. The number of anilines is 1. The van der Waals surface area contributed by atoms with Gasteiger partial charge in [0.05, 0.1) is 0 Å². The number of rotatable bonds is 5. The zero-order valence-electron chi connectivity index (χ0n) is 15.7. The average molecular weight is 374 g/mol. The van der Waals surface area contributed by atoms with Crippen molar-refractivity contribution in [1.29, 1.82) is 0 Å². The second kappa shape index (κ2) is 7.72. The molecule has 0 saturated carbocycles. The highest BCUT2D eigenvalue weighted by Gasteiger charge is 2.38. The number of carbonyl (C=O) groups is 2. The van der Waals surface area contributed by atoms with E-state index in [0.29, 0.717) is 18.7 Å². The number of carbonyl (C=O) groups excluding carboxylic acids is 2. The van der Waals surface area contributed by atoms with E-state index in [1.54, 1.807) is 4.90 Å². The Morgan fingerprint density at radius 2 is 1.79 bits per heavy atom. The minimum atomic E-state index is -0.537. The highest BCUT2D eigenvalue weighted by molar-refractivity contribution is 6.04. The van der Waals surface area contributed by atoms with E-state index in [-0.39, 0.29) is 18.4 Å². The molecule has 0 aliphatic carbocycles. The Kier molecular flexibility index (Phi) is 4.98. The van der Waals surface area contributed by atoms with E-state index < -0.39 is 6.04 Å². The molecule has 0 fully saturated rings. The molecule has 142 valence electrons. The van der Waals surface area contributed by atoms with Crippen LogP contribution in [0.2, 0.25) is 0 Å². The Morgan fingerprint density at radius 3 is 2.61 bits per heavy atom. The maximum absolute atomic E-state index is 13.0. The zero-order chi connectivity index (χ0) is 19.5. The molecule has 3 aromatic carbocycles. The van der Waals surface area contributed by atoms with E-state index in [4.69, 9.17) is 4.74 Å². The van der Waals surface area contributed by atoms with Crippen molar-refractivity contribution in [3.63, 3.8) is 0 Å². The topological polar surface area (TPSA) is 58.6 Å². The Balaban J connectivity index is 1.53. The fourth-order valence-electron chi connectivity index (χ4n) is 3.67. The van der Waals surface area contributed by atoms with E-state index in [9.17, 15) is 9.59 Å². The predicted octanol–water partition coefficient (Wildman–Crippen LogP) is 3.31. The molecule has 0 spiro atoms. The fourth-order valence-corrected chi connectivity index (χ4v) is 3.67. The number of amides is 2. The average Bonchev–Trinajstić information content (AvgIpc) is 3.12. The lowest BCUT2D eigenvalue weighted by Crippen LogP contribution is -2.49. The second-order valence-corrected chi connectivity index (χ2v) is 6.80.